The van der Waals surface area contributed by atoms with E-state index >= 15 is 0 Å². The van der Waals surface area contributed by atoms with Crippen LogP contribution < -0.4 is 0 Å². The average Bonchev–Trinajstić information content (AvgIpc) is 2.86. The van der Waals surface area contributed by atoms with Gasteiger partial charge in [0.1, 0.15) is 0 Å². The van der Waals surface area contributed by atoms with E-state index in [1.807, 2.05) is 13.8 Å². The Labute approximate surface area is 255 Å². The fraction of sp³-hybridized carbons (Fsp3) is 0.619. The predicted molar refractivity (Wildman–Crippen MR) is 174 cm³/mol. The lowest BCUT2D eigenvalue weighted by molar-refractivity contribution is -0.275. The normalized spacial score (nSPS) is 47.5. The number of hydrogen-bond acceptors (Lipinski definition) is 0. The minimum atomic E-state index is 0.315. The molecular weight excluding hydrogens is 504 g/mol. The zero-order valence-corrected chi connectivity index (χ0v) is 27.1. The van der Waals surface area contributed by atoms with Crippen LogP contribution >= 0.6 is 0 Å². The SMILES string of the molecule is CC#Cc1ccc(C23CC4(C)CC(C)(C2)CC(C25CC6(C)CC(C)(CC(c7ccc(C#CC)cc7)(C6)C2)C5)(C4)C3)cc1. The second kappa shape index (κ2) is 8.18. The highest BCUT2D eigenvalue weighted by atomic mass is 14.8. The molecule has 2 aromatic carbocycles. The van der Waals surface area contributed by atoms with Crippen molar-refractivity contribution < 1.29 is 0 Å². The van der Waals surface area contributed by atoms with E-state index in [0.717, 1.165) is 11.1 Å². The largest absolute Gasteiger partial charge is 0.101 e. The summed E-state index contributed by atoms with van der Waals surface area (Å²) in [5, 5.41) is 0. The van der Waals surface area contributed by atoms with E-state index in [1.54, 1.807) is 11.1 Å². The average molecular weight is 555 g/mol. The summed E-state index contributed by atoms with van der Waals surface area (Å²) in [5.41, 5.74) is 8.87. The standard InChI is InChI=1S/C42H50/c1-7-9-31-11-15-33(16-12-31)39-21-35(3)19-36(4,22-39)26-41(25-35,29-39)42-27-37(5)20-38(6,28-42)24-40(23-37,30-42)34-17-13-32(10-8-2)14-18-34/h11-18H,19-30H2,1-6H3. The molecule has 4 unspecified atom stereocenters. The molecule has 8 aliphatic carbocycles. The van der Waals surface area contributed by atoms with Crippen LogP contribution in [0.2, 0.25) is 0 Å². The lowest BCUT2D eigenvalue weighted by Crippen LogP contribution is -2.71. The molecule has 0 aliphatic heterocycles. The van der Waals surface area contributed by atoms with Gasteiger partial charge in [-0.15, -0.1) is 11.8 Å². The lowest BCUT2D eigenvalue weighted by atomic mass is 9.24. The van der Waals surface area contributed by atoms with Crippen molar-refractivity contribution in [2.75, 3.05) is 0 Å². The molecule has 0 saturated heterocycles. The first-order valence-electron chi connectivity index (χ1n) is 16.9. The summed E-state index contributed by atoms with van der Waals surface area (Å²) in [4.78, 5) is 0. The van der Waals surface area contributed by atoms with Crippen molar-refractivity contribution in [1.82, 2.24) is 0 Å². The maximum atomic E-state index is 3.30. The molecule has 0 spiro atoms. The quantitative estimate of drug-likeness (QED) is 0.331. The van der Waals surface area contributed by atoms with Crippen molar-refractivity contribution in [3.63, 3.8) is 0 Å². The first kappa shape index (κ1) is 27.1. The van der Waals surface area contributed by atoms with Gasteiger partial charge >= 0.3 is 0 Å². The van der Waals surface area contributed by atoms with Gasteiger partial charge in [0.05, 0.1) is 0 Å². The van der Waals surface area contributed by atoms with E-state index in [1.165, 1.54) is 77.0 Å². The van der Waals surface area contributed by atoms with Crippen molar-refractivity contribution in [3.05, 3.63) is 70.8 Å². The first-order valence-corrected chi connectivity index (χ1v) is 16.9. The summed E-state index contributed by atoms with van der Waals surface area (Å²) < 4.78 is 0. The van der Waals surface area contributed by atoms with Crippen LogP contribution in [0.25, 0.3) is 0 Å². The van der Waals surface area contributed by atoms with Gasteiger partial charge in [0.15, 0.2) is 0 Å². The number of rotatable bonds is 3. The van der Waals surface area contributed by atoms with Gasteiger partial charge in [0, 0.05) is 11.1 Å². The molecule has 8 fully saturated rings. The van der Waals surface area contributed by atoms with Gasteiger partial charge in [-0.05, 0) is 170 Å². The Morgan fingerprint density at radius 3 is 1.00 bits per heavy atom. The highest BCUT2D eigenvalue weighted by Crippen LogP contribution is 2.85. The second-order valence-electron chi connectivity index (χ2n) is 18.4. The van der Waals surface area contributed by atoms with Gasteiger partial charge in [-0.1, -0.05) is 63.8 Å². The summed E-state index contributed by atoms with van der Waals surface area (Å²) in [6.07, 6.45) is 17.1. The molecule has 0 heteroatoms. The number of hydrogen-bond donors (Lipinski definition) is 0. The summed E-state index contributed by atoms with van der Waals surface area (Å²) in [5.74, 6) is 12.8. The maximum absolute atomic E-state index is 3.30. The van der Waals surface area contributed by atoms with Gasteiger partial charge in [0.2, 0.25) is 0 Å². The van der Waals surface area contributed by atoms with Crippen LogP contribution in [0.5, 0.6) is 0 Å². The molecule has 0 radical (unpaired) electrons. The van der Waals surface area contributed by atoms with Crippen LogP contribution in [-0.4, -0.2) is 0 Å². The molecule has 8 saturated carbocycles. The molecule has 10 rings (SSSR count). The molecule has 2 aromatic rings. The van der Waals surface area contributed by atoms with Gasteiger partial charge < -0.3 is 0 Å². The van der Waals surface area contributed by atoms with E-state index < -0.39 is 0 Å². The third-order valence-corrected chi connectivity index (χ3v) is 13.8. The minimum absolute atomic E-state index is 0.315. The fourth-order valence-electron chi connectivity index (χ4n) is 15.2. The van der Waals surface area contributed by atoms with Gasteiger partial charge in [-0.25, -0.2) is 0 Å². The van der Waals surface area contributed by atoms with Crippen LogP contribution in [0.15, 0.2) is 48.5 Å². The van der Waals surface area contributed by atoms with Crippen LogP contribution in [0, 0.1) is 56.2 Å². The van der Waals surface area contributed by atoms with Crippen molar-refractivity contribution >= 4 is 0 Å². The Bertz CT molecular complexity index is 1420. The zero-order valence-electron chi connectivity index (χ0n) is 27.1. The molecule has 218 valence electrons. The van der Waals surface area contributed by atoms with E-state index in [-0.39, 0.29) is 0 Å². The van der Waals surface area contributed by atoms with E-state index in [4.69, 9.17) is 0 Å². The Balaban J connectivity index is 1.27. The molecule has 0 nitrogen and oxygen atoms in total. The van der Waals surface area contributed by atoms with E-state index in [0.29, 0.717) is 43.3 Å². The van der Waals surface area contributed by atoms with Crippen molar-refractivity contribution in [3.8, 4) is 23.7 Å². The summed E-state index contributed by atoms with van der Waals surface area (Å²) in [6, 6.07) is 19.2. The second-order valence-corrected chi connectivity index (χ2v) is 18.4. The topological polar surface area (TPSA) is 0 Å². The highest BCUT2D eigenvalue weighted by molar-refractivity contribution is 5.43. The molecule has 8 bridgehead atoms. The highest BCUT2D eigenvalue weighted by Gasteiger charge is 2.76. The monoisotopic (exact) mass is 554 g/mol. The fourth-order valence-corrected chi connectivity index (χ4v) is 15.2. The smallest absolute Gasteiger partial charge is 0.0245 e. The molecule has 42 heavy (non-hydrogen) atoms. The van der Waals surface area contributed by atoms with Crippen LogP contribution in [0.1, 0.15) is 141 Å². The molecule has 0 aromatic heterocycles. The maximum Gasteiger partial charge on any atom is 0.0245 e. The Hall–Kier alpha value is -2.44. The Morgan fingerprint density at radius 2 is 0.714 bits per heavy atom. The van der Waals surface area contributed by atoms with Crippen LogP contribution in [0.3, 0.4) is 0 Å². The molecular formula is C42H50. The minimum Gasteiger partial charge on any atom is -0.101 e. The van der Waals surface area contributed by atoms with Gasteiger partial charge in [-0.2, -0.15) is 0 Å². The summed E-state index contributed by atoms with van der Waals surface area (Å²) in [7, 11) is 0. The lowest BCUT2D eigenvalue weighted by Gasteiger charge is -2.80. The molecule has 0 N–H and O–H groups in total. The third kappa shape index (κ3) is 3.70. The van der Waals surface area contributed by atoms with Gasteiger partial charge in [-0.3, -0.25) is 0 Å². The summed E-state index contributed by atoms with van der Waals surface area (Å²) in [6.45, 7) is 14.7. The van der Waals surface area contributed by atoms with Crippen LogP contribution in [0.4, 0.5) is 0 Å². The van der Waals surface area contributed by atoms with Crippen molar-refractivity contribution in [2.45, 2.75) is 129 Å². The molecule has 0 heterocycles. The Morgan fingerprint density at radius 1 is 0.405 bits per heavy atom. The van der Waals surface area contributed by atoms with E-state index in [9.17, 15) is 0 Å². The summed E-state index contributed by atoms with van der Waals surface area (Å²) >= 11 is 0. The third-order valence-electron chi connectivity index (χ3n) is 13.8. The van der Waals surface area contributed by atoms with Gasteiger partial charge in [0.25, 0.3) is 0 Å². The predicted octanol–water partition coefficient (Wildman–Crippen LogP) is 10.4. The first-order chi connectivity index (χ1) is 19.8. The molecule has 8 aliphatic rings. The molecule has 0 amide bonds. The number of benzene rings is 2. The zero-order chi connectivity index (χ0) is 29.3. The van der Waals surface area contributed by atoms with E-state index in [2.05, 4.69) is 99.9 Å². The molecule has 4 atom stereocenters. The van der Waals surface area contributed by atoms with Crippen molar-refractivity contribution in [1.29, 1.82) is 0 Å². The Kier molecular flexibility index (Phi) is 5.28. The van der Waals surface area contributed by atoms with Crippen LogP contribution in [-0.2, 0) is 10.8 Å². The van der Waals surface area contributed by atoms with Crippen molar-refractivity contribution in [2.24, 2.45) is 32.5 Å².